The van der Waals surface area contributed by atoms with Gasteiger partial charge in [0, 0.05) is 11.6 Å². The molecule has 108 valence electrons. The molecular weight excluding hydrogens is 276 g/mol. The number of hydrogen-bond donors (Lipinski definition) is 3. The third-order valence-corrected chi connectivity index (χ3v) is 4.07. The number of nitrogens with one attached hydrogen (secondary N) is 2. The Morgan fingerprint density at radius 1 is 1.40 bits per heavy atom. The number of anilines is 1. The van der Waals surface area contributed by atoms with Crippen molar-refractivity contribution in [3.63, 3.8) is 0 Å². The van der Waals surface area contributed by atoms with E-state index >= 15 is 0 Å². The van der Waals surface area contributed by atoms with Crippen LogP contribution in [0.3, 0.4) is 0 Å². The molecule has 5 nitrogen and oxygen atoms in total. The maximum atomic E-state index is 11.9. The predicted octanol–water partition coefficient (Wildman–Crippen LogP) is 1.00. The Morgan fingerprint density at radius 2 is 2.15 bits per heavy atom. The Hall–Kier alpha value is -1.55. The van der Waals surface area contributed by atoms with Crippen molar-refractivity contribution in [2.75, 3.05) is 11.3 Å². The van der Waals surface area contributed by atoms with Gasteiger partial charge in [-0.15, -0.1) is 0 Å². The Balaban J connectivity index is 2.18. The molecule has 20 heavy (non-hydrogen) atoms. The number of aliphatic hydroxyl groups is 1. The zero-order chi connectivity index (χ0) is 14.6. The minimum atomic E-state index is -3.51. The van der Waals surface area contributed by atoms with Crippen molar-refractivity contribution >= 4 is 15.9 Å². The Kier molecular flexibility index (Phi) is 4.65. The molecule has 0 saturated heterocycles. The molecule has 2 rings (SSSR count). The summed E-state index contributed by atoms with van der Waals surface area (Å²) in [5.41, 5.74) is 2.19. The van der Waals surface area contributed by atoms with Gasteiger partial charge in [0.2, 0.25) is 0 Å². The van der Waals surface area contributed by atoms with E-state index in [2.05, 4.69) is 21.3 Å². The fourth-order valence-corrected chi connectivity index (χ4v) is 3.02. The van der Waals surface area contributed by atoms with Crippen LogP contribution in [-0.4, -0.2) is 26.2 Å². The molecule has 1 fully saturated rings. The number of benzene rings is 1. The molecule has 6 heteroatoms. The highest BCUT2D eigenvalue weighted by Gasteiger charge is 2.27. The van der Waals surface area contributed by atoms with Crippen LogP contribution in [-0.2, 0) is 16.6 Å². The summed E-state index contributed by atoms with van der Waals surface area (Å²) in [6, 6.07) is 5.34. The summed E-state index contributed by atoms with van der Waals surface area (Å²) in [7, 11) is -3.51. The van der Waals surface area contributed by atoms with Gasteiger partial charge in [-0.3, -0.25) is 4.72 Å². The average molecular weight is 294 g/mol. The van der Waals surface area contributed by atoms with E-state index in [9.17, 15) is 8.42 Å². The summed E-state index contributed by atoms with van der Waals surface area (Å²) >= 11 is 0. The van der Waals surface area contributed by atoms with Gasteiger partial charge in [-0.05, 0) is 43.0 Å². The van der Waals surface area contributed by atoms with Gasteiger partial charge in [0.1, 0.15) is 6.61 Å². The monoisotopic (exact) mass is 294 g/mol. The summed E-state index contributed by atoms with van der Waals surface area (Å²) in [5, 5.41) is 8.68. The highest BCUT2D eigenvalue weighted by molar-refractivity contribution is 7.90. The molecule has 0 heterocycles. The maximum Gasteiger partial charge on any atom is 0.299 e. The fraction of sp³-hybridized carbons (Fsp3) is 0.429. The SMILES string of the molecule is CCc1cc(C#CCO)ccc1NS(=O)(=O)NC1CC1. The van der Waals surface area contributed by atoms with Crippen LogP contribution in [0.25, 0.3) is 0 Å². The second-order valence-corrected chi connectivity index (χ2v) is 6.13. The van der Waals surface area contributed by atoms with E-state index in [1.54, 1.807) is 12.1 Å². The first-order valence-corrected chi connectivity index (χ1v) is 8.05. The first-order chi connectivity index (χ1) is 9.54. The first-order valence-electron chi connectivity index (χ1n) is 6.57. The molecule has 0 aromatic heterocycles. The topological polar surface area (TPSA) is 78.4 Å². The molecule has 1 aliphatic rings. The largest absolute Gasteiger partial charge is 0.384 e. The van der Waals surface area contributed by atoms with E-state index in [0.29, 0.717) is 12.1 Å². The lowest BCUT2D eigenvalue weighted by molar-refractivity contribution is 0.350. The van der Waals surface area contributed by atoms with Crippen LogP contribution in [0.15, 0.2) is 18.2 Å². The summed E-state index contributed by atoms with van der Waals surface area (Å²) in [5.74, 6) is 5.38. The first kappa shape index (κ1) is 14.9. The van der Waals surface area contributed by atoms with Gasteiger partial charge in [-0.25, -0.2) is 0 Å². The van der Waals surface area contributed by atoms with Gasteiger partial charge in [-0.1, -0.05) is 18.8 Å². The van der Waals surface area contributed by atoms with Gasteiger partial charge in [0.25, 0.3) is 10.2 Å². The van der Waals surface area contributed by atoms with Crippen molar-refractivity contribution in [2.24, 2.45) is 0 Å². The second kappa shape index (κ2) is 6.27. The molecule has 1 aliphatic carbocycles. The lowest BCUT2D eigenvalue weighted by Gasteiger charge is -2.12. The molecule has 1 aromatic rings. The standard InChI is InChI=1S/C14H18N2O3S/c1-2-12-10-11(4-3-9-17)5-8-14(12)16-20(18,19)15-13-6-7-13/h5,8,10,13,15-17H,2,6-7,9H2,1H3. The second-order valence-electron chi connectivity index (χ2n) is 4.68. The third kappa shape index (κ3) is 4.23. The van der Waals surface area contributed by atoms with Crippen LogP contribution in [0, 0.1) is 11.8 Å². The van der Waals surface area contributed by atoms with E-state index in [1.165, 1.54) is 0 Å². The molecule has 0 bridgehead atoms. The van der Waals surface area contributed by atoms with E-state index in [1.807, 2.05) is 13.0 Å². The van der Waals surface area contributed by atoms with Crippen molar-refractivity contribution in [2.45, 2.75) is 32.2 Å². The predicted molar refractivity (Wildman–Crippen MR) is 78.5 cm³/mol. The molecule has 0 amide bonds. The lowest BCUT2D eigenvalue weighted by Crippen LogP contribution is -2.32. The van der Waals surface area contributed by atoms with E-state index < -0.39 is 10.2 Å². The molecule has 0 spiro atoms. The molecule has 1 aromatic carbocycles. The summed E-state index contributed by atoms with van der Waals surface area (Å²) in [6.07, 6.45) is 2.49. The quantitative estimate of drug-likeness (QED) is 0.709. The number of aryl methyl sites for hydroxylation is 1. The Labute approximate surface area is 119 Å². The smallest absolute Gasteiger partial charge is 0.299 e. The Morgan fingerprint density at radius 3 is 2.75 bits per heavy atom. The highest BCUT2D eigenvalue weighted by atomic mass is 32.2. The molecule has 0 atom stereocenters. The van der Waals surface area contributed by atoms with Gasteiger partial charge in [0.05, 0.1) is 5.69 Å². The maximum absolute atomic E-state index is 11.9. The van der Waals surface area contributed by atoms with Gasteiger partial charge in [0.15, 0.2) is 0 Å². The number of rotatable bonds is 5. The van der Waals surface area contributed by atoms with Gasteiger partial charge in [-0.2, -0.15) is 13.1 Å². The van der Waals surface area contributed by atoms with Crippen molar-refractivity contribution in [1.82, 2.24) is 4.72 Å². The van der Waals surface area contributed by atoms with Crippen molar-refractivity contribution in [1.29, 1.82) is 0 Å². The molecule has 0 radical (unpaired) electrons. The molecule has 0 unspecified atom stereocenters. The van der Waals surface area contributed by atoms with Crippen molar-refractivity contribution in [3.05, 3.63) is 29.3 Å². The zero-order valence-corrected chi connectivity index (χ0v) is 12.1. The average Bonchev–Trinajstić information content (AvgIpc) is 3.20. The fourth-order valence-electron chi connectivity index (χ4n) is 1.80. The lowest BCUT2D eigenvalue weighted by atomic mass is 10.1. The third-order valence-electron chi connectivity index (χ3n) is 2.94. The van der Waals surface area contributed by atoms with Crippen LogP contribution in [0.5, 0.6) is 0 Å². The molecular formula is C14H18N2O3S. The van der Waals surface area contributed by atoms with Crippen LogP contribution < -0.4 is 9.44 Å². The van der Waals surface area contributed by atoms with Gasteiger partial charge >= 0.3 is 0 Å². The van der Waals surface area contributed by atoms with E-state index in [0.717, 1.165) is 24.0 Å². The summed E-state index contributed by atoms with van der Waals surface area (Å²) in [4.78, 5) is 0. The molecule has 0 aliphatic heterocycles. The normalized spacial score (nSPS) is 14.5. The van der Waals surface area contributed by atoms with E-state index in [4.69, 9.17) is 5.11 Å². The van der Waals surface area contributed by atoms with Crippen molar-refractivity contribution in [3.8, 4) is 11.8 Å². The molecule has 1 saturated carbocycles. The van der Waals surface area contributed by atoms with Crippen LogP contribution >= 0.6 is 0 Å². The summed E-state index contributed by atoms with van der Waals surface area (Å²) in [6.45, 7) is 1.76. The minimum absolute atomic E-state index is 0.0762. The molecule has 3 N–H and O–H groups in total. The highest BCUT2D eigenvalue weighted by Crippen LogP contribution is 2.22. The Bertz CT molecular complexity index is 640. The minimum Gasteiger partial charge on any atom is -0.384 e. The van der Waals surface area contributed by atoms with E-state index in [-0.39, 0.29) is 12.6 Å². The number of hydrogen-bond acceptors (Lipinski definition) is 3. The van der Waals surface area contributed by atoms with Crippen molar-refractivity contribution < 1.29 is 13.5 Å². The summed E-state index contributed by atoms with van der Waals surface area (Å²) < 4.78 is 28.9. The van der Waals surface area contributed by atoms with Gasteiger partial charge < -0.3 is 5.11 Å². The number of aliphatic hydroxyl groups excluding tert-OH is 1. The van der Waals surface area contributed by atoms with Crippen LogP contribution in [0.2, 0.25) is 0 Å². The van der Waals surface area contributed by atoms with Crippen LogP contribution in [0.1, 0.15) is 30.9 Å². The zero-order valence-electron chi connectivity index (χ0n) is 11.3. The van der Waals surface area contributed by atoms with Crippen LogP contribution in [0.4, 0.5) is 5.69 Å².